The van der Waals surface area contributed by atoms with E-state index < -0.39 is 16.1 Å². The number of rotatable bonds is 7. The van der Waals surface area contributed by atoms with Crippen LogP contribution in [0.3, 0.4) is 0 Å². The monoisotopic (exact) mass is 363 g/mol. The Morgan fingerprint density at radius 2 is 2.04 bits per heavy atom. The lowest BCUT2D eigenvalue weighted by Gasteiger charge is -2.20. The zero-order chi connectivity index (χ0) is 17.0. The SMILES string of the molecule is CCOc1cc(C)c(Cl)cc1S(=O)(=O)N[C@H]1COC[C@@H]1OCC. The molecular weight excluding hydrogens is 342 g/mol. The molecule has 1 aliphatic heterocycles. The zero-order valence-electron chi connectivity index (χ0n) is 13.5. The molecule has 0 radical (unpaired) electrons. The van der Waals surface area contributed by atoms with E-state index in [1.54, 1.807) is 19.9 Å². The highest BCUT2D eigenvalue weighted by molar-refractivity contribution is 7.89. The lowest BCUT2D eigenvalue weighted by molar-refractivity contribution is 0.0440. The average molecular weight is 364 g/mol. The zero-order valence-corrected chi connectivity index (χ0v) is 15.0. The van der Waals surface area contributed by atoms with Crippen molar-refractivity contribution in [2.75, 3.05) is 26.4 Å². The maximum Gasteiger partial charge on any atom is 0.244 e. The lowest BCUT2D eigenvalue weighted by Crippen LogP contribution is -2.43. The summed E-state index contributed by atoms with van der Waals surface area (Å²) in [6.07, 6.45) is -0.300. The molecule has 1 aromatic rings. The third-order valence-electron chi connectivity index (χ3n) is 3.53. The van der Waals surface area contributed by atoms with Gasteiger partial charge in [-0.05, 0) is 38.5 Å². The lowest BCUT2D eigenvalue weighted by atomic mass is 10.2. The Morgan fingerprint density at radius 1 is 1.30 bits per heavy atom. The van der Waals surface area contributed by atoms with Gasteiger partial charge in [-0.15, -0.1) is 0 Å². The first-order valence-electron chi connectivity index (χ1n) is 7.53. The van der Waals surface area contributed by atoms with Crippen LogP contribution in [0.4, 0.5) is 0 Å². The molecule has 0 spiro atoms. The molecule has 1 aromatic carbocycles. The third kappa shape index (κ3) is 4.36. The molecule has 0 amide bonds. The van der Waals surface area contributed by atoms with Crippen molar-refractivity contribution in [3.8, 4) is 5.75 Å². The molecule has 1 N–H and O–H groups in total. The second-order valence-corrected chi connectivity index (χ2v) is 7.33. The van der Waals surface area contributed by atoms with E-state index in [0.717, 1.165) is 5.56 Å². The van der Waals surface area contributed by atoms with Gasteiger partial charge in [-0.2, -0.15) is 0 Å². The molecule has 0 aromatic heterocycles. The van der Waals surface area contributed by atoms with E-state index in [0.29, 0.717) is 24.8 Å². The quantitative estimate of drug-likeness (QED) is 0.803. The van der Waals surface area contributed by atoms with Crippen LogP contribution in [0.25, 0.3) is 0 Å². The summed E-state index contributed by atoms with van der Waals surface area (Å²) >= 11 is 6.09. The molecule has 2 rings (SSSR count). The van der Waals surface area contributed by atoms with Crippen LogP contribution in [0.15, 0.2) is 17.0 Å². The van der Waals surface area contributed by atoms with E-state index in [1.165, 1.54) is 6.07 Å². The summed E-state index contributed by atoms with van der Waals surface area (Å²) in [5.41, 5.74) is 0.755. The van der Waals surface area contributed by atoms with Crippen LogP contribution in [-0.2, 0) is 19.5 Å². The summed E-state index contributed by atoms with van der Waals surface area (Å²) in [6.45, 7) is 6.94. The van der Waals surface area contributed by atoms with Crippen molar-refractivity contribution in [1.82, 2.24) is 4.72 Å². The predicted octanol–water partition coefficient (Wildman–Crippen LogP) is 2.13. The fourth-order valence-electron chi connectivity index (χ4n) is 2.40. The molecule has 6 nitrogen and oxygen atoms in total. The highest BCUT2D eigenvalue weighted by atomic mass is 35.5. The summed E-state index contributed by atoms with van der Waals surface area (Å²) in [5, 5.41) is 0.373. The number of halogens is 1. The van der Waals surface area contributed by atoms with Crippen molar-refractivity contribution in [3.63, 3.8) is 0 Å². The van der Waals surface area contributed by atoms with Gasteiger partial charge in [0.15, 0.2) is 0 Å². The van der Waals surface area contributed by atoms with E-state index in [4.69, 9.17) is 25.8 Å². The largest absolute Gasteiger partial charge is 0.492 e. The third-order valence-corrected chi connectivity index (χ3v) is 5.45. The van der Waals surface area contributed by atoms with Gasteiger partial charge in [-0.25, -0.2) is 13.1 Å². The molecule has 0 aliphatic carbocycles. The van der Waals surface area contributed by atoms with Gasteiger partial charge < -0.3 is 14.2 Å². The van der Waals surface area contributed by atoms with Crippen LogP contribution in [-0.4, -0.2) is 47.0 Å². The topological polar surface area (TPSA) is 73.9 Å². The first-order chi connectivity index (χ1) is 10.9. The second kappa shape index (κ2) is 7.81. The van der Waals surface area contributed by atoms with Crippen molar-refractivity contribution in [3.05, 3.63) is 22.7 Å². The highest BCUT2D eigenvalue weighted by Crippen LogP contribution is 2.31. The fourth-order valence-corrected chi connectivity index (χ4v) is 4.03. The summed E-state index contributed by atoms with van der Waals surface area (Å²) in [4.78, 5) is 0.0251. The number of sulfonamides is 1. The molecule has 1 saturated heterocycles. The standard InChI is InChI=1S/C15H22ClNO5S/c1-4-21-13-6-10(3)11(16)7-15(13)23(18,19)17-12-8-20-9-14(12)22-5-2/h6-7,12,14,17H,4-5,8-9H2,1-3H3/t12-,14-/m0/s1. The van der Waals surface area contributed by atoms with Crippen LogP contribution in [0, 0.1) is 6.92 Å². The molecule has 8 heteroatoms. The van der Waals surface area contributed by atoms with Gasteiger partial charge >= 0.3 is 0 Å². The average Bonchev–Trinajstić information content (AvgIpc) is 2.90. The van der Waals surface area contributed by atoms with Crippen molar-refractivity contribution in [2.24, 2.45) is 0 Å². The first-order valence-corrected chi connectivity index (χ1v) is 9.39. The van der Waals surface area contributed by atoms with E-state index in [2.05, 4.69) is 4.72 Å². The molecule has 23 heavy (non-hydrogen) atoms. The van der Waals surface area contributed by atoms with Crippen LogP contribution in [0.1, 0.15) is 19.4 Å². The molecular formula is C15H22ClNO5S. The van der Waals surface area contributed by atoms with Gasteiger partial charge in [0.25, 0.3) is 0 Å². The molecule has 0 unspecified atom stereocenters. The minimum Gasteiger partial charge on any atom is -0.492 e. The number of nitrogens with one attached hydrogen (secondary N) is 1. The Labute approximate surface area is 142 Å². The Morgan fingerprint density at radius 3 is 2.70 bits per heavy atom. The number of aryl methyl sites for hydroxylation is 1. The summed E-state index contributed by atoms with van der Waals surface area (Å²) in [7, 11) is -3.81. The van der Waals surface area contributed by atoms with Crippen LogP contribution in [0.2, 0.25) is 5.02 Å². The van der Waals surface area contributed by atoms with E-state index in [1.807, 2.05) is 6.92 Å². The molecule has 2 atom stereocenters. The Kier molecular flexibility index (Phi) is 6.27. The predicted molar refractivity (Wildman–Crippen MR) is 87.7 cm³/mol. The van der Waals surface area contributed by atoms with Gasteiger partial charge in [-0.3, -0.25) is 0 Å². The summed E-state index contributed by atoms with van der Waals surface area (Å²) in [6, 6.07) is 2.61. The van der Waals surface area contributed by atoms with Gasteiger partial charge in [0.1, 0.15) is 10.6 Å². The van der Waals surface area contributed by atoms with Crippen LogP contribution in [0.5, 0.6) is 5.75 Å². The first kappa shape index (κ1) is 18.5. The molecule has 1 aliphatic rings. The fraction of sp³-hybridized carbons (Fsp3) is 0.600. The van der Waals surface area contributed by atoms with Crippen LogP contribution < -0.4 is 9.46 Å². The highest BCUT2D eigenvalue weighted by Gasteiger charge is 2.34. The number of benzene rings is 1. The van der Waals surface area contributed by atoms with Gasteiger partial charge in [0, 0.05) is 11.6 Å². The smallest absolute Gasteiger partial charge is 0.244 e. The molecule has 0 bridgehead atoms. The number of hydrogen-bond donors (Lipinski definition) is 1. The van der Waals surface area contributed by atoms with Crippen molar-refractivity contribution in [1.29, 1.82) is 0 Å². The molecule has 0 saturated carbocycles. The number of hydrogen-bond acceptors (Lipinski definition) is 5. The minimum absolute atomic E-state index is 0.0251. The number of ether oxygens (including phenoxy) is 3. The minimum atomic E-state index is -3.81. The Hall–Kier alpha value is -0.860. The maximum atomic E-state index is 12.7. The van der Waals surface area contributed by atoms with Crippen LogP contribution >= 0.6 is 11.6 Å². The normalized spacial score (nSPS) is 21.6. The Bertz CT molecular complexity index is 650. The summed E-state index contributed by atoms with van der Waals surface area (Å²) < 4.78 is 44.4. The van der Waals surface area contributed by atoms with Crippen molar-refractivity contribution < 1.29 is 22.6 Å². The maximum absolute atomic E-state index is 12.7. The summed E-state index contributed by atoms with van der Waals surface area (Å²) in [5.74, 6) is 0.286. The van der Waals surface area contributed by atoms with Crippen molar-refractivity contribution >= 4 is 21.6 Å². The van der Waals surface area contributed by atoms with Crippen molar-refractivity contribution in [2.45, 2.75) is 37.8 Å². The van der Waals surface area contributed by atoms with Gasteiger partial charge in [0.2, 0.25) is 10.0 Å². The molecule has 1 fully saturated rings. The van der Waals surface area contributed by atoms with Gasteiger partial charge in [-0.1, -0.05) is 11.6 Å². The Balaban J connectivity index is 2.30. The second-order valence-electron chi connectivity index (χ2n) is 5.24. The molecule has 130 valence electrons. The van der Waals surface area contributed by atoms with E-state index in [9.17, 15) is 8.42 Å². The van der Waals surface area contributed by atoms with E-state index >= 15 is 0 Å². The van der Waals surface area contributed by atoms with Gasteiger partial charge in [0.05, 0.1) is 32.0 Å². The molecule has 1 heterocycles. The van der Waals surface area contributed by atoms with E-state index in [-0.39, 0.29) is 23.4 Å².